The molecule has 1 unspecified atom stereocenters. The third-order valence-electron chi connectivity index (χ3n) is 12.0. The van der Waals surface area contributed by atoms with E-state index < -0.39 is 38.4 Å². The van der Waals surface area contributed by atoms with E-state index in [0.717, 1.165) is 18.4 Å². The number of anilines is 1. The van der Waals surface area contributed by atoms with Crippen LogP contribution in [0.4, 0.5) is 5.82 Å². The summed E-state index contributed by atoms with van der Waals surface area (Å²) in [5, 5.41) is 4.33. The van der Waals surface area contributed by atoms with Crippen LogP contribution in [0, 0.1) is 5.92 Å². The van der Waals surface area contributed by atoms with Crippen molar-refractivity contribution in [2.75, 3.05) is 19.0 Å². The Morgan fingerprint density at radius 3 is 2.20 bits per heavy atom. The van der Waals surface area contributed by atoms with Gasteiger partial charge in [-0.2, -0.15) is 0 Å². The number of aromatic nitrogens is 2. The molecule has 1 N–H and O–H groups in total. The van der Waals surface area contributed by atoms with E-state index >= 15 is 0 Å². The molecule has 1 aromatic carbocycles. The fraction of sp³-hybridized carbons (Fsp3) is 0.643. The molecule has 2 aromatic heterocycles. The van der Waals surface area contributed by atoms with Crippen molar-refractivity contribution in [3.8, 4) is 0 Å². The first kappa shape index (κ1) is 47.2. The maximum atomic E-state index is 14.4. The SMILES string of the molecule is CC(C)[Si](O[C@H]1C[C@H](Nc2ncncc2C(=O)c2cc([C@@H](c3cccc(Cl)c3)N(C)S(=O)C(C)(C)C)c(Cl)s2)C[C@@H]1CO[Si](C)(C)C(C)(C)C)(C(C)C)C(C)C. The molecule has 0 spiro atoms. The van der Waals surface area contributed by atoms with Crippen molar-refractivity contribution < 1.29 is 17.9 Å². The van der Waals surface area contributed by atoms with Crippen molar-refractivity contribution >= 4 is 73.8 Å². The molecule has 3 aromatic rings. The highest BCUT2D eigenvalue weighted by molar-refractivity contribution is 7.84. The number of hydrogen-bond acceptors (Lipinski definition) is 8. The zero-order valence-electron chi connectivity index (χ0n) is 36.3. The molecule has 1 aliphatic carbocycles. The van der Waals surface area contributed by atoms with Crippen molar-refractivity contribution in [3.63, 3.8) is 0 Å². The van der Waals surface area contributed by atoms with Crippen LogP contribution in [0.1, 0.15) is 128 Å². The Hall–Kier alpha value is -1.49. The lowest BCUT2D eigenvalue weighted by Gasteiger charge is -2.45. The minimum absolute atomic E-state index is 0.0170. The second-order valence-corrected chi connectivity index (χ2v) is 33.5. The summed E-state index contributed by atoms with van der Waals surface area (Å²) < 4.78 is 29.8. The van der Waals surface area contributed by atoms with E-state index in [1.807, 2.05) is 52.1 Å². The van der Waals surface area contributed by atoms with Crippen molar-refractivity contribution in [2.45, 2.75) is 154 Å². The summed E-state index contributed by atoms with van der Waals surface area (Å²) in [7, 11) is -3.79. The third kappa shape index (κ3) is 10.4. The number of nitrogens with zero attached hydrogens (tertiary/aromatic N) is 3. The number of ketones is 1. The molecule has 0 amide bonds. The lowest BCUT2D eigenvalue weighted by Crippen LogP contribution is -2.51. The van der Waals surface area contributed by atoms with Gasteiger partial charge in [-0.15, -0.1) is 11.3 Å². The van der Waals surface area contributed by atoms with E-state index in [0.29, 0.717) is 54.4 Å². The van der Waals surface area contributed by atoms with Crippen LogP contribution in [0.25, 0.3) is 0 Å². The van der Waals surface area contributed by atoms with Gasteiger partial charge in [0.05, 0.1) is 31.7 Å². The van der Waals surface area contributed by atoms with Crippen molar-refractivity contribution in [3.05, 3.63) is 73.8 Å². The molecule has 0 saturated heterocycles. The first-order chi connectivity index (χ1) is 25.8. The van der Waals surface area contributed by atoms with E-state index in [1.54, 1.807) is 16.6 Å². The Morgan fingerprint density at radius 2 is 1.64 bits per heavy atom. The molecule has 14 heteroatoms. The molecule has 0 bridgehead atoms. The smallest absolute Gasteiger partial charge is 0.208 e. The van der Waals surface area contributed by atoms with Gasteiger partial charge in [0, 0.05) is 42.4 Å². The first-order valence-electron chi connectivity index (χ1n) is 19.9. The van der Waals surface area contributed by atoms with Crippen LogP contribution < -0.4 is 5.32 Å². The maximum Gasteiger partial charge on any atom is 0.208 e. The highest BCUT2D eigenvalue weighted by atomic mass is 35.5. The van der Waals surface area contributed by atoms with Gasteiger partial charge in [0.15, 0.2) is 8.32 Å². The molecule has 4 rings (SSSR count). The van der Waals surface area contributed by atoms with E-state index in [1.165, 1.54) is 17.7 Å². The van der Waals surface area contributed by atoms with Crippen LogP contribution in [0.2, 0.25) is 44.1 Å². The maximum absolute atomic E-state index is 14.4. The zero-order chi connectivity index (χ0) is 42.1. The van der Waals surface area contributed by atoms with Crippen LogP contribution in [0.15, 0.2) is 42.9 Å². The highest BCUT2D eigenvalue weighted by Crippen LogP contribution is 2.47. The zero-order valence-corrected chi connectivity index (χ0v) is 41.4. The monoisotopic (exact) mass is 880 g/mol. The van der Waals surface area contributed by atoms with Gasteiger partial charge in [-0.1, -0.05) is 97.6 Å². The van der Waals surface area contributed by atoms with Crippen molar-refractivity contribution in [2.24, 2.45) is 5.92 Å². The summed E-state index contributed by atoms with van der Waals surface area (Å²) in [6.07, 6.45) is 4.71. The first-order valence-corrected chi connectivity index (χ1v) is 27.7. The molecule has 56 heavy (non-hydrogen) atoms. The van der Waals surface area contributed by atoms with Crippen LogP contribution in [-0.4, -0.2) is 71.4 Å². The van der Waals surface area contributed by atoms with E-state index in [4.69, 9.17) is 32.1 Å². The Bertz CT molecular complexity index is 1820. The summed E-state index contributed by atoms with van der Waals surface area (Å²) in [4.78, 5) is 23.8. The molecule has 0 aliphatic heterocycles. The lowest BCUT2D eigenvalue weighted by atomic mass is 10.0. The number of nitrogens with one attached hydrogen (secondary N) is 1. The number of hydrogen-bond donors (Lipinski definition) is 1. The predicted molar refractivity (Wildman–Crippen MR) is 243 cm³/mol. The molecule has 8 nitrogen and oxygen atoms in total. The van der Waals surface area contributed by atoms with Crippen LogP contribution in [0.5, 0.6) is 0 Å². The Labute approximate surface area is 356 Å². The molecule has 312 valence electrons. The van der Waals surface area contributed by atoms with Gasteiger partial charge in [-0.25, -0.2) is 18.5 Å². The fourth-order valence-electron chi connectivity index (χ4n) is 8.13. The Morgan fingerprint density at radius 1 is 1.02 bits per heavy atom. The number of carbonyl (C=O) groups excluding carboxylic acids is 1. The average Bonchev–Trinajstić information content (AvgIpc) is 3.66. The van der Waals surface area contributed by atoms with E-state index in [-0.39, 0.29) is 28.9 Å². The van der Waals surface area contributed by atoms with E-state index in [2.05, 4.69) is 90.7 Å². The second-order valence-electron chi connectivity index (χ2n) is 18.9. The average molecular weight is 882 g/mol. The summed E-state index contributed by atoms with van der Waals surface area (Å²) in [5.41, 5.74) is 3.25. The van der Waals surface area contributed by atoms with Gasteiger partial charge in [0.25, 0.3) is 0 Å². The highest BCUT2D eigenvalue weighted by Gasteiger charge is 2.50. The van der Waals surface area contributed by atoms with Gasteiger partial charge >= 0.3 is 0 Å². The fourth-order valence-corrected chi connectivity index (χ4v) is 17.6. The van der Waals surface area contributed by atoms with Gasteiger partial charge in [0.2, 0.25) is 14.1 Å². The minimum Gasteiger partial charge on any atom is -0.416 e. The van der Waals surface area contributed by atoms with Crippen molar-refractivity contribution in [1.82, 2.24) is 14.3 Å². The quantitative estimate of drug-likeness (QED) is 0.113. The second kappa shape index (κ2) is 18.4. The number of thiophene rings is 1. The van der Waals surface area contributed by atoms with Gasteiger partial charge in [-0.3, -0.25) is 4.79 Å². The molecule has 0 radical (unpaired) electrons. The molecule has 1 saturated carbocycles. The van der Waals surface area contributed by atoms with Crippen molar-refractivity contribution in [1.29, 1.82) is 0 Å². The summed E-state index contributed by atoms with van der Waals surface area (Å²) in [6, 6.07) is 8.78. The van der Waals surface area contributed by atoms with Gasteiger partial charge in [0.1, 0.15) is 23.1 Å². The normalized spacial score (nSPS) is 19.7. The third-order valence-corrected chi connectivity index (χ3v) is 26.0. The molecular weight excluding hydrogens is 816 g/mol. The number of halogens is 2. The summed E-state index contributed by atoms with van der Waals surface area (Å²) >= 11 is 14.6. The minimum atomic E-state index is -2.20. The topological polar surface area (TPSA) is 93.6 Å². The van der Waals surface area contributed by atoms with Crippen LogP contribution >= 0.6 is 34.5 Å². The van der Waals surface area contributed by atoms with Crippen LogP contribution in [-0.2, 0) is 19.8 Å². The van der Waals surface area contributed by atoms with Crippen LogP contribution in [0.3, 0.4) is 0 Å². The predicted octanol–water partition coefficient (Wildman–Crippen LogP) is 12.3. The molecule has 1 aliphatic rings. The summed E-state index contributed by atoms with van der Waals surface area (Å²) in [5.74, 6) is 0.455. The molecule has 2 heterocycles. The molecular formula is C42H66Cl2N4O4S2Si2. The number of benzene rings is 1. The van der Waals surface area contributed by atoms with Gasteiger partial charge in [-0.05, 0) is 92.1 Å². The standard InChI is InChI=1S/C42H66Cl2N4O4S2Si2/c1-26(2)56(27(3)4,28(5)6)52-35-21-32(20-30(35)24-51-55(14,15)42(10,11)12)47-40-34(23-45-25-46-40)38(49)36-22-33(39(44)53-36)37(29-17-16-18-31(43)19-29)48(13)54(50)41(7,8)9/h16-19,22-23,25-28,30,32,35,37H,20-21,24H2,1-15H3,(H,45,46,47)/t30-,32-,35+,37-,54?/m1/s1. The lowest BCUT2D eigenvalue weighted by molar-refractivity contribution is 0.0971. The Balaban J connectivity index is 1.68. The number of rotatable bonds is 16. The van der Waals surface area contributed by atoms with E-state index in [9.17, 15) is 9.00 Å². The summed E-state index contributed by atoms with van der Waals surface area (Å²) in [6.45, 7) is 31.9. The van der Waals surface area contributed by atoms with Gasteiger partial charge < -0.3 is 14.2 Å². The largest absolute Gasteiger partial charge is 0.416 e. The molecule has 1 fully saturated rings. The molecule has 5 atom stereocenters. The Kier molecular flexibility index (Phi) is 15.5. The number of carbonyl (C=O) groups is 1.